The zero-order valence-corrected chi connectivity index (χ0v) is 14.2. The van der Waals surface area contributed by atoms with Crippen LogP contribution in [0, 0.1) is 11.8 Å². The van der Waals surface area contributed by atoms with Gasteiger partial charge in [0, 0.05) is 58.1 Å². The molecule has 1 amide bonds. The third-order valence-corrected chi connectivity index (χ3v) is 5.08. The summed E-state index contributed by atoms with van der Waals surface area (Å²) in [6.45, 7) is 4.72. The Morgan fingerprint density at radius 3 is 2.92 bits per heavy atom. The van der Waals surface area contributed by atoms with E-state index in [1.165, 1.54) is 25.1 Å². The lowest BCUT2D eigenvalue weighted by atomic mass is 10.1. The van der Waals surface area contributed by atoms with Crippen LogP contribution in [0.25, 0.3) is 0 Å². The molecule has 0 bridgehead atoms. The number of carbonyl (C=O) groups is 1. The van der Waals surface area contributed by atoms with E-state index in [0.717, 1.165) is 25.6 Å². The van der Waals surface area contributed by atoms with Crippen LogP contribution in [0.1, 0.15) is 29.0 Å². The maximum Gasteiger partial charge on any atom is 0.267 e. The second kappa shape index (κ2) is 6.43. The third kappa shape index (κ3) is 3.38. The first kappa shape index (κ1) is 15.4. The van der Waals surface area contributed by atoms with E-state index in [9.17, 15) is 4.79 Å². The van der Waals surface area contributed by atoms with Crippen molar-refractivity contribution in [1.29, 1.82) is 0 Å². The van der Waals surface area contributed by atoms with E-state index in [-0.39, 0.29) is 5.91 Å². The van der Waals surface area contributed by atoms with E-state index in [2.05, 4.69) is 26.1 Å². The standard InChI is InChI=1S/C18H25N5O/c1-21-8-2-3-17(21)18(24)19-9-15-11-22(10-14-4-5-14)13-16-6-7-20-23(16)12-15/h2-3,6-8,14-15H,4-5,9-13H2,1H3,(H,19,24)/t15-/m1/s1. The molecule has 1 N–H and O–H groups in total. The molecule has 1 aliphatic carbocycles. The summed E-state index contributed by atoms with van der Waals surface area (Å²) < 4.78 is 3.96. The fraction of sp³-hybridized carbons (Fsp3) is 0.556. The molecule has 0 radical (unpaired) electrons. The Kier molecular flexibility index (Phi) is 4.14. The van der Waals surface area contributed by atoms with Crippen molar-refractivity contribution in [3.8, 4) is 0 Å². The van der Waals surface area contributed by atoms with Crippen LogP contribution in [0.2, 0.25) is 0 Å². The SMILES string of the molecule is Cn1cccc1C(=O)NC[C@@H]1CN(CC2CC2)Cc2ccnn2C1. The van der Waals surface area contributed by atoms with Gasteiger partial charge in [-0.3, -0.25) is 14.4 Å². The van der Waals surface area contributed by atoms with Crippen molar-refractivity contribution < 1.29 is 4.79 Å². The van der Waals surface area contributed by atoms with Gasteiger partial charge in [-0.15, -0.1) is 0 Å². The molecule has 128 valence electrons. The van der Waals surface area contributed by atoms with Crippen LogP contribution in [0.15, 0.2) is 30.6 Å². The van der Waals surface area contributed by atoms with Crippen molar-refractivity contribution >= 4 is 5.91 Å². The quantitative estimate of drug-likeness (QED) is 0.905. The number of fused-ring (bicyclic) bond motifs is 1. The Balaban J connectivity index is 1.41. The summed E-state index contributed by atoms with van der Waals surface area (Å²) in [5.74, 6) is 1.26. The minimum Gasteiger partial charge on any atom is -0.350 e. The van der Waals surface area contributed by atoms with Gasteiger partial charge in [0.05, 0.1) is 5.69 Å². The molecule has 2 aromatic rings. The number of nitrogens with one attached hydrogen (secondary N) is 1. The molecule has 1 fully saturated rings. The van der Waals surface area contributed by atoms with Gasteiger partial charge in [0.2, 0.25) is 0 Å². The van der Waals surface area contributed by atoms with Gasteiger partial charge in [0.1, 0.15) is 5.69 Å². The van der Waals surface area contributed by atoms with Crippen LogP contribution in [0.5, 0.6) is 0 Å². The summed E-state index contributed by atoms with van der Waals surface area (Å²) >= 11 is 0. The van der Waals surface area contributed by atoms with Gasteiger partial charge in [-0.25, -0.2) is 0 Å². The Labute approximate surface area is 142 Å². The maximum absolute atomic E-state index is 12.4. The zero-order valence-electron chi connectivity index (χ0n) is 14.2. The second-order valence-corrected chi connectivity index (χ2v) is 7.22. The number of nitrogens with zero attached hydrogens (tertiary/aromatic N) is 4. The number of hydrogen-bond acceptors (Lipinski definition) is 3. The Hall–Kier alpha value is -2.08. The van der Waals surface area contributed by atoms with Crippen LogP contribution in [-0.4, -0.2) is 44.8 Å². The molecule has 0 aromatic carbocycles. The van der Waals surface area contributed by atoms with Crippen LogP contribution >= 0.6 is 0 Å². The van der Waals surface area contributed by atoms with E-state index in [4.69, 9.17) is 0 Å². The average molecular weight is 327 g/mol. The lowest BCUT2D eigenvalue weighted by Crippen LogP contribution is -2.37. The molecule has 3 heterocycles. The van der Waals surface area contributed by atoms with Crippen LogP contribution in [0.3, 0.4) is 0 Å². The highest BCUT2D eigenvalue weighted by Crippen LogP contribution is 2.31. The summed E-state index contributed by atoms with van der Waals surface area (Å²) in [6.07, 6.45) is 6.51. The van der Waals surface area contributed by atoms with Crippen molar-refractivity contribution in [3.63, 3.8) is 0 Å². The van der Waals surface area contributed by atoms with Gasteiger partial charge >= 0.3 is 0 Å². The summed E-state index contributed by atoms with van der Waals surface area (Å²) in [4.78, 5) is 14.9. The van der Waals surface area contributed by atoms with Gasteiger partial charge in [0.25, 0.3) is 5.91 Å². The topological polar surface area (TPSA) is 55.1 Å². The minimum atomic E-state index is 0.00109. The van der Waals surface area contributed by atoms with Gasteiger partial charge in [-0.1, -0.05) is 0 Å². The molecular formula is C18H25N5O. The molecular weight excluding hydrogens is 302 g/mol. The van der Waals surface area contributed by atoms with Gasteiger partial charge in [-0.2, -0.15) is 5.10 Å². The largest absolute Gasteiger partial charge is 0.350 e. The highest BCUT2D eigenvalue weighted by atomic mass is 16.1. The number of hydrogen-bond donors (Lipinski definition) is 1. The first-order chi connectivity index (χ1) is 11.7. The van der Waals surface area contributed by atoms with E-state index in [1.54, 1.807) is 0 Å². The van der Waals surface area contributed by atoms with Gasteiger partial charge < -0.3 is 9.88 Å². The lowest BCUT2D eigenvalue weighted by Gasteiger charge is -2.24. The van der Waals surface area contributed by atoms with E-state index in [1.807, 2.05) is 36.1 Å². The van der Waals surface area contributed by atoms with E-state index >= 15 is 0 Å². The monoisotopic (exact) mass is 327 g/mol. The average Bonchev–Trinajstić information content (AvgIpc) is 3.16. The Bertz CT molecular complexity index is 715. The number of amides is 1. The molecule has 1 saturated carbocycles. The molecule has 24 heavy (non-hydrogen) atoms. The molecule has 0 unspecified atom stereocenters. The van der Waals surface area contributed by atoms with Crippen LogP contribution in [0.4, 0.5) is 0 Å². The van der Waals surface area contributed by atoms with E-state index < -0.39 is 0 Å². The van der Waals surface area contributed by atoms with Crippen LogP contribution < -0.4 is 5.32 Å². The van der Waals surface area contributed by atoms with Crippen molar-refractivity contribution in [2.24, 2.45) is 18.9 Å². The molecule has 4 rings (SSSR count). The number of aryl methyl sites for hydroxylation is 1. The highest BCUT2D eigenvalue weighted by Gasteiger charge is 2.28. The molecule has 1 atom stereocenters. The molecule has 6 nitrogen and oxygen atoms in total. The fourth-order valence-corrected chi connectivity index (χ4v) is 3.58. The summed E-state index contributed by atoms with van der Waals surface area (Å²) in [7, 11) is 1.90. The number of carbonyl (C=O) groups excluding carboxylic acids is 1. The summed E-state index contributed by atoms with van der Waals surface area (Å²) in [5.41, 5.74) is 1.99. The molecule has 2 aromatic heterocycles. The Morgan fingerprint density at radius 1 is 1.29 bits per heavy atom. The van der Waals surface area contributed by atoms with Crippen molar-refractivity contribution in [1.82, 2.24) is 24.6 Å². The normalized spacial score (nSPS) is 21.3. The molecule has 1 aliphatic heterocycles. The number of aromatic nitrogens is 3. The van der Waals surface area contributed by atoms with Crippen molar-refractivity contribution in [2.75, 3.05) is 19.6 Å². The van der Waals surface area contributed by atoms with Crippen molar-refractivity contribution in [2.45, 2.75) is 25.9 Å². The zero-order chi connectivity index (χ0) is 16.5. The first-order valence-electron chi connectivity index (χ1n) is 8.81. The summed E-state index contributed by atoms with van der Waals surface area (Å²) in [5, 5.41) is 7.57. The lowest BCUT2D eigenvalue weighted by molar-refractivity contribution is 0.0932. The predicted octanol–water partition coefficient (Wildman–Crippen LogP) is 1.49. The second-order valence-electron chi connectivity index (χ2n) is 7.22. The third-order valence-electron chi connectivity index (χ3n) is 5.08. The van der Waals surface area contributed by atoms with Crippen molar-refractivity contribution in [3.05, 3.63) is 42.0 Å². The van der Waals surface area contributed by atoms with E-state index in [0.29, 0.717) is 18.2 Å². The number of rotatable bonds is 5. The Morgan fingerprint density at radius 2 is 2.17 bits per heavy atom. The smallest absolute Gasteiger partial charge is 0.267 e. The molecule has 6 heteroatoms. The fourth-order valence-electron chi connectivity index (χ4n) is 3.58. The highest BCUT2D eigenvalue weighted by molar-refractivity contribution is 5.92. The maximum atomic E-state index is 12.4. The summed E-state index contributed by atoms with van der Waals surface area (Å²) in [6, 6.07) is 5.87. The molecule has 0 saturated heterocycles. The first-order valence-corrected chi connectivity index (χ1v) is 8.81. The molecule has 2 aliphatic rings. The molecule has 0 spiro atoms. The van der Waals surface area contributed by atoms with Gasteiger partial charge in [0.15, 0.2) is 0 Å². The minimum absolute atomic E-state index is 0.00109. The predicted molar refractivity (Wildman–Crippen MR) is 91.5 cm³/mol. The van der Waals surface area contributed by atoms with Crippen LogP contribution in [-0.2, 0) is 20.1 Å². The van der Waals surface area contributed by atoms with Gasteiger partial charge in [-0.05, 0) is 37.0 Å².